The first-order valence-corrected chi connectivity index (χ1v) is 7.89. The van der Waals surface area contributed by atoms with Crippen LogP contribution in [0.15, 0.2) is 35.5 Å². The summed E-state index contributed by atoms with van der Waals surface area (Å²) in [4.78, 5) is 29.8. The van der Waals surface area contributed by atoms with Crippen LogP contribution in [-0.2, 0) is 6.54 Å². The van der Waals surface area contributed by atoms with Crippen LogP contribution in [0.25, 0.3) is 11.3 Å². The van der Waals surface area contributed by atoms with Crippen LogP contribution in [0.5, 0.6) is 0 Å². The van der Waals surface area contributed by atoms with E-state index in [1.807, 2.05) is 24.0 Å². The number of fused-ring (bicyclic) bond motifs is 1. The molecule has 2 aromatic rings. The molecule has 1 saturated carbocycles. The standard InChI is InChI=1S/C18H17N3O2/c1-11-17-14(10-21(18(17)22)9-12-5-6-12)8-16(19-11)13-3-2-4-15(7-13)20-23/h2-4,7-8,12H,5-6,9-10H2,1H3. The third-order valence-electron chi connectivity index (χ3n) is 4.57. The fraction of sp³-hybridized carbons (Fsp3) is 0.333. The maximum atomic E-state index is 12.6. The molecule has 5 heteroatoms. The Morgan fingerprint density at radius 1 is 1.30 bits per heavy atom. The molecule has 4 rings (SSSR count). The van der Waals surface area contributed by atoms with Crippen LogP contribution >= 0.6 is 0 Å². The molecule has 0 spiro atoms. The van der Waals surface area contributed by atoms with Gasteiger partial charge in [0.05, 0.1) is 17.0 Å². The van der Waals surface area contributed by atoms with Gasteiger partial charge in [-0.15, -0.1) is 4.91 Å². The van der Waals surface area contributed by atoms with E-state index in [1.165, 1.54) is 12.8 Å². The molecule has 23 heavy (non-hydrogen) atoms. The summed E-state index contributed by atoms with van der Waals surface area (Å²) in [6.07, 6.45) is 2.46. The molecule has 0 radical (unpaired) electrons. The van der Waals surface area contributed by atoms with Crippen molar-refractivity contribution >= 4 is 11.6 Å². The Labute approximate surface area is 134 Å². The maximum absolute atomic E-state index is 12.6. The number of nitrogens with zero attached hydrogens (tertiary/aromatic N) is 3. The third kappa shape index (κ3) is 2.52. The first-order chi connectivity index (χ1) is 11.2. The fourth-order valence-corrected chi connectivity index (χ4v) is 3.22. The van der Waals surface area contributed by atoms with Crippen LogP contribution < -0.4 is 0 Å². The van der Waals surface area contributed by atoms with Gasteiger partial charge in [-0.2, -0.15) is 0 Å². The summed E-state index contributed by atoms with van der Waals surface area (Å²) in [5.74, 6) is 0.781. The lowest BCUT2D eigenvalue weighted by Crippen LogP contribution is -2.26. The largest absolute Gasteiger partial charge is 0.334 e. The predicted octanol–water partition coefficient (Wildman–Crippen LogP) is 3.82. The molecule has 2 aliphatic rings. The van der Waals surface area contributed by atoms with Gasteiger partial charge in [0, 0.05) is 18.7 Å². The molecule has 1 amide bonds. The number of aryl methyl sites for hydroxylation is 1. The van der Waals surface area contributed by atoms with E-state index in [4.69, 9.17) is 0 Å². The van der Waals surface area contributed by atoms with Gasteiger partial charge in [0.1, 0.15) is 5.69 Å². The molecule has 1 aliphatic heterocycles. The van der Waals surface area contributed by atoms with Gasteiger partial charge in [0.2, 0.25) is 0 Å². The minimum absolute atomic E-state index is 0.103. The second kappa shape index (κ2) is 5.26. The van der Waals surface area contributed by atoms with E-state index in [0.717, 1.165) is 34.6 Å². The van der Waals surface area contributed by atoms with Crippen molar-refractivity contribution in [3.8, 4) is 11.3 Å². The van der Waals surface area contributed by atoms with Crippen molar-refractivity contribution in [3.05, 3.63) is 52.1 Å². The summed E-state index contributed by atoms with van der Waals surface area (Å²) >= 11 is 0. The molecular formula is C18H17N3O2. The van der Waals surface area contributed by atoms with Crippen molar-refractivity contribution in [1.82, 2.24) is 9.88 Å². The first-order valence-electron chi connectivity index (χ1n) is 7.89. The van der Waals surface area contributed by atoms with E-state index in [2.05, 4.69) is 10.2 Å². The monoisotopic (exact) mass is 307 g/mol. The number of pyridine rings is 1. The average molecular weight is 307 g/mol. The van der Waals surface area contributed by atoms with Gasteiger partial charge >= 0.3 is 0 Å². The van der Waals surface area contributed by atoms with Crippen molar-refractivity contribution in [2.45, 2.75) is 26.3 Å². The summed E-state index contributed by atoms with van der Waals surface area (Å²) in [6, 6.07) is 9.05. The highest BCUT2D eigenvalue weighted by Gasteiger charge is 2.34. The van der Waals surface area contributed by atoms with Gasteiger partial charge in [-0.25, -0.2) is 0 Å². The smallest absolute Gasteiger partial charge is 0.256 e. The zero-order valence-corrected chi connectivity index (χ0v) is 13.0. The Morgan fingerprint density at radius 3 is 2.87 bits per heavy atom. The molecule has 0 unspecified atom stereocenters. The second-order valence-electron chi connectivity index (χ2n) is 6.40. The molecule has 1 aromatic carbocycles. The molecule has 116 valence electrons. The molecule has 0 bridgehead atoms. The molecule has 0 saturated heterocycles. The summed E-state index contributed by atoms with van der Waals surface area (Å²) in [5.41, 5.74) is 4.55. The van der Waals surface area contributed by atoms with E-state index >= 15 is 0 Å². The maximum Gasteiger partial charge on any atom is 0.256 e. The first kappa shape index (κ1) is 14.1. The Balaban J connectivity index is 1.71. The lowest BCUT2D eigenvalue weighted by molar-refractivity contribution is 0.0770. The van der Waals surface area contributed by atoms with Crippen LogP contribution in [0.3, 0.4) is 0 Å². The van der Waals surface area contributed by atoms with Gasteiger partial charge < -0.3 is 4.90 Å². The predicted molar refractivity (Wildman–Crippen MR) is 87.3 cm³/mol. The van der Waals surface area contributed by atoms with E-state index in [1.54, 1.807) is 18.2 Å². The Kier molecular flexibility index (Phi) is 3.22. The van der Waals surface area contributed by atoms with Crippen molar-refractivity contribution in [2.24, 2.45) is 11.1 Å². The molecule has 2 heterocycles. The average Bonchev–Trinajstić information content (AvgIpc) is 3.31. The lowest BCUT2D eigenvalue weighted by atomic mass is 10.0. The highest BCUT2D eigenvalue weighted by molar-refractivity contribution is 5.99. The van der Waals surface area contributed by atoms with Crippen molar-refractivity contribution in [2.75, 3.05) is 6.54 Å². The van der Waals surface area contributed by atoms with E-state index in [9.17, 15) is 9.70 Å². The number of carbonyl (C=O) groups is 1. The summed E-state index contributed by atoms with van der Waals surface area (Å²) < 4.78 is 0. The van der Waals surface area contributed by atoms with Gasteiger partial charge in [0.25, 0.3) is 5.91 Å². The van der Waals surface area contributed by atoms with Crippen LogP contribution in [0.2, 0.25) is 0 Å². The van der Waals surface area contributed by atoms with Crippen LogP contribution in [0.1, 0.15) is 34.5 Å². The van der Waals surface area contributed by atoms with E-state index in [0.29, 0.717) is 18.2 Å². The fourth-order valence-electron chi connectivity index (χ4n) is 3.22. The minimum atomic E-state index is 0.103. The summed E-state index contributed by atoms with van der Waals surface area (Å²) in [6.45, 7) is 3.39. The number of rotatable bonds is 4. The van der Waals surface area contributed by atoms with Crippen LogP contribution in [0.4, 0.5) is 5.69 Å². The molecular weight excluding hydrogens is 290 g/mol. The second-order valence-corrected chi connectivity index (χ2v) is 6.40. The number of carbonyl (C=O) groups excluding carboxylic acids is 1. The van der Waals surface area contributed by atoms with Gasteiger partial charge in [-0.05, 0) is 54.6 Å². The van der Waals surface area contributed by atoms with Crippen LogP contribution in [-0.4, -0.2) is 22.3 Å². The molecule has 5 nitrogen and oxygen atoms in total. The molecule has 1 aromatic heterocycles. The Hall–Kier alpha value is -2.56. The molecule has 1 aliphatic carbocycles. The third-order valence-corrected chi connectivity index (χ3v) is 4.57. The number of amides is 1. The van der Waals surface area contributed by atoms with Crippen molar-refractivity contribution in [1.29, 1.82) is 0 Å². The number of benzene rings is 1. The number of nitroso groups, excluding NO2 is 1. The molecule has 1 fully saturated rings. The van der Waals surface area contributed by atoms with E-state index < -0.39 is 0 Å². The normalized spacial score (nSPS) is 16.6. The Bertz CT molecular complexity index is 812. The quantitative estimate of drug-likeness (QED) is 0.807. The topological polar surface area (TPSA) is 62.6 Å². The minimum Gasteiger partial charge on any atom is -0.334 e. The number of hydrogen-bond acceptors (Lipinski definition) is 4. The van der Waals surface area contributed by atoms with Gasteiger partial charge in [0.15, 0.2) is 0 Å². The Morgan fingerprint density at radius 2 is 2.13 bits per heavy atom. The van der Waals surface area contributed by atoms with Gasteiger partial charge in [-0.3, -0.25) is 9.78 Å². The number of aromatic nitrogens is 1. The lowest BCUT2D eigenvalue weighted by Gasteiger charge is -2.14. The SMILES string of the molecule is Cc1nc(-c2cccc(N=O)c2)cc2c1C(=O)N(CC1CC1)C2. The summed E-state index contributed by atoms with van der Waals surface area (Å²) in [7, 11) is 0. The highest BCUT2D eigenvalue weighted by atomic mass is 16.3. The van der Waals surface area contributed by atoms with Crippen molar-refractivity contribution in [3.63, 3.8) is 0 Å². The highest BCUT2D eigenvalue weighted by Crippen LogP contribution is 2.35. The molecule has 0 atom stereocenters. The zero-order valence-electron chi connectivity index (χ0n) is 13.0. The van der Waals surface area contributed by atoms with Crippen molar-refractivity contribution < 1.29 is 4.79 Å². The van der Waals surface area contributed by atoms with Gasteiger partial charge in [-0.1, -0.05) is 12.1 Å². The summed E-state index contributed by atoms with van der Waals surface area (Å²) in [5, 5.41) is 2.98. The zero-order chi connectivity index (χ0) is 16.0. The number of hydrogen-bond donors (Lipinski definition) is 0. The molecule has 0 N–H and O–H groups in total. The van der Waals surface area contributed by atoms with Crippen LogP contribution in [0, 0.1) is 17.7 Å². The van der Waals surface area contributed by atoms with E-state index in [-0.39, 0.29) is 5.91 Å².